The molecule has 0 saturated heterocycles. The molecule has 0 bridgehead atoms. The van der Waals surface area contributed by atoms with Crippen molar-refractivity contribution in [2.24, 2.45) is 25.0 Å². The maximum Gasteiger partial charge on any atom is 0.330 e. The molecular weight excluding hydrogens is 446 g/mol. The van der Waals surface area contributed by atoms with E-state index in [2.05, 4.69) is 13.8 Å². The molecule has 1 unspecified atom stereocenters. The van der Waals surface area contributed by atoms with Gasteiger partial charge in [-0.2, -0.15) is 0 Å². The fourth-order valence-corrected chi connectivity index (χ4v) is 4.81. The summed E-state index contributed by atoms with van der Waals surface area (Å²) >= 11 is 7.15. The van der Waals surface area contributed by atoms with Gasteiger partial charge in [0, 0.05) is 45.2 Å². The zero-order chi connectivity index (χ0) is 24.1. The second-order valence-corrected chi connectivity index (χ2v) is 9.52. The van der Waals surface area contributed by atoms with Crippen molar-refractivity contribution in [1.82, 2.24) is 9.13 Å². The van der Waals surface area contributed by atoms with Crippen LogP contribution in [0.4, 0.5) is 5.82 Å². The standard InChI is InChI=1S/C23H39N3O4S2/c1-6-14-30-15-9-8-10-16-32-21(18(7-2)12-11-13-19(27)28)24-20-17(3)22(31)26(5)23(29)25(20)4/h18H,6-16H2,1-5H3,(H,27,28)/b24-21+. The number of thioether (sulfide) groups is 1. The highest BCUT2D eigenvalue weighted by molar-refractivity contribution is 8.14. The number of hydrogen-bond acceptors (Lipinski definition) is 6. The van der Waals surface area contributed by atoms with Crippen LogP contribution in [0.2, 0.25) is 0 Å². The zero-order valence-corrected chi connectivity index (χ0v) is 21.8. The van der Waals surface area contributed by atoms with E-state index in [-0.39, 0.29) is 18.0 Å². The van der Waals surface area contributed by atoms with Gasteiger partial charge >= 0.3 is 11.7 Å². The molecule has 0 aliphatic heterocycles. The van der Waals surface area contributed by atoms with Crippen LogP contribution < -0.4 is 5.69 Å². The van der Waals surface area contributed by atoms with Crippen LogP contribution in [0.1, 0.15) is 70.8 Å². The minimum atomic E-state index is -0.777. The molecule has 0 fully saturated rings. The first-order chi connectivity index (χ1) is 15.2. The van der Waals surface area contributed by atoms with Crippen molar-refractivity contribution in [2.75, 3.05) is 19.0 Å². The Bertz CT molecular complexity index is 840. The number of nitrogens with zero attached hydrogens (tertiary/aromatic N) is 3. The smallest absolute Gasteiger partial charge is 0.330 e. The number of ether oxygens (including phenoxy) is 1. The van der Waals surface area contributed by atoms with E-state index in [0.29, 0.717) is 16.9 Å². The molecule has 32 heavy (non-hydrogen) atoms. The Kier molecular flexibility index (Phi) is 13.8. The molecular formula is C23H39N3O4S2. The van der Waals surface area contributed by atoms with E-state index < -0.39 is 5.97 Å². The monoisotopic (exact) mass is 485 g/mol. The van der Waals surface area contributed by atoms with Crippen LogP contribution in [-0.2, 0) is 23.6 Å². The quantitative estimate of drug-likeness (QED) is 0.155. The number of carboxylic acids is 1. The second kappa shape index (κ2) is 15.4. The summed E-state index contributed by atoms with van der Waals surface area (Å²) in [5, 5.41) is 9.97. The molecule has 1 aromatic heterocycles. The summed E-state index contributed by atoms with van der Waals surface area (Å²) in [4.78, 5) is 28.4. The number of aromatic nitrogens is 2. The molecule has 0 amide bonds. The van der Waals surface area contributed by atoms with Crippen LogP contribution in [0.25, 0.3) is 0 Å². The summed E-state index contributed by atoms with van der Waals surface area (Å²) in [7, 11) is 3.39. The SMILES string of the molecule is CCCOCCCCCS/C(=N/c1c(C)c(=S)n(C)c(=O)n1C)C(CC)CCCC(=O)O. The molecule has 1 aromatic rings. The Balaban J connectivity index is 3.03. The highest BCUT2D eigenvalue weighted by Gasteiger charge is 2.18. The molecule has 1 N–H and O–H groups in total. The maximum absolute atomic E-state index is 12.5. The fraction of sp³-hybridized carbons (Fsp3) is 0.739. The van der Waals surface area contributed by atoms with Crippen LogP contribution in [0, 0.1) is 17.5 Å². The van der Waals surface area contributed by atoms with Crippen molar-refractivity contribution in [3.8, 4) is 0 Å². The number of rotatable bonds is 15. The lowest BCUT2D eigenvalue weighted by Crippen LogP contribution is -2.28. The highest BCUT2D eigenvalue weighted by Crippen LogP contribution is 2.27. The minimum Gasteiger partial charge on any atom is -0.481 e. The summed E-state index contributed by atoms with van der Waals surface area (Å²) in [6.45, 7) is 7.72. The average molecular weight is 486 g/mol. The zero-order valence-electron chi connectivity index (χ0n) is 20.2. The first kappa shape index (κ1) is 28.6. The summed E-state index contributed by atoms with van der Waals surface area (Å²) in [5.74, 6) is 0.895. The Morgan fingerprint density at radius 2 is 1.88 bits per heavy atom. The molecule has 0 aliphatic carbocycles. The van der Waals surface area contributed by atoms with Crippen LogP contribution in [0.3, 0.4) is 0 Å². The first-order valence-corrected chi connectivity index (χ1v) is 12.9. The molecule has 7 nitrogen and oxygen atoms in total. The van der Waals surface area contributed by atoms with Crippen molar-refractivity contribution in [2.45, 2.75) is 72.1 Å². The molecule has 0 spiro atoms. The average Bonchev–Trinajstić information content (AvgIpc) is 2.77. The molecule has 0 radical (unpaired) electrons. The van der Waals surface area contributed by atoms with Gasteiger partial charge in [-0.15, -0.1) is 11.8 Å². The van der Waals surface area contributed by atoms with Gasteiger partial charge in [0.2, 0.25) is 0 Å². The van der Waals surface area contributed by atoms with Gasteiger partial charge in [-0.05, 0) is 51.2 Å². The van der Waals surface area contributed by atoms with E-state index in [1.807, 2.05) is 6.92 Å². The van der Waals surface area contributed by atoms with Crippen molar-refractivity contribution >= 4 is 40.8 Å². The number of carbonyl (C=O) groups is 1. The van der Waals surface area contributed by atoms with Crippen molar-refractivity contribution in [3.63, 3.8) is 0 Å². The van der Waals surface area contributed by atoms with E-state index in [0.717, 1.165) is 68.1 Å². The fourth-order valence-electron chi connectivity index (χ4n) is 3.41. The molecule has 1 rings (SSSR count). The van der Waals surface area contributed by atoms with Gasteiger partial charge < -0.3 is 9.84 Å². The predicted molar refractivity (Wildman–Crippen MR) is 136 cm³/mol. The Morgan fingerprint density at radius 3 is 2.50 bits per heavy atom. The maximum atomic E-state index is 12.5. The van der Waals surface area contributed by atoms with Gasteiger partial charge in [-0.3, -0.25) is 13.9 Å². The molecule has 1 heterocycles. The Morgan fingerprint density at radius 1 is 1.16 bits per heavy atom. The lowest BCUT2D eigenvalue weighted by atomic mass is 10.0. The van der Waals surface area contributed by atoms with Crippen LogP contribution in [-0.4, -0.2) is 44.2 Å². The summed E-state index contributed by atoms with van der Waals surface area (Å²) in [6, 6.07) is 0. The van der Waals surface area contributed by atoms with Crippen LogP contribution >= 0.6 is 24.0 Å². The lowest BCUT2D eigenvalue weighted by Gasteiger charge is -2.19. The molecule has 0 saturated carbocycles. The van der Waals surface area contributed by atoms with E-state index in [9.17, 15) is 9.59 Å². The number of unbranched alkanes of at least 4 members (excludes halogenated alkanes) is 2. The molecule has 9 heteroatoms. The van der Waals surface area contributed by atoms with Crippen LogP contribution in [0.15, 0.2) is 9.79 Å². The Labute approximate surface area is 201 Å². The van der Waals surface area contributed by atoms with Gasteiger partial charge in [0.25, 0.3) is 0 Å². The van der Waals surface area contributed by atoms with Gasteiger partial charge in [-0.25, -0.2) is 9.79 Å². The Hall–Kier alpha value is -1.45. The van der Waals surface area contributed by atoms with Gasteiger partial charge in [-0.1, -0.05) is 32.5 Å². The molecule has 1 atom stereocenters. The molecule has 0 aromatic carbocycles. The topological polar surface area (TPSA) is 85.8 Å². The highest BCUT2D eigenvalue weighted by atomic mass is 32.2. The largest absolute Gasteiger partial charge is 0.481 e. The van der Waals surface area contributed by atoms with Gasteiger partial charge in [0.05, 0.1) is 5.04 Å². The normalized spacial score (nSPS) is 12.8. The number of aliphatic imine (C=N–C) groups is 1. The minimum absolute atomic E-state index is 0.154. The van der Waals surface area contributed by atoms with Crippen molar-refractivity contribution in [3.05, 3.63) is 20.7 Å². The van der Waals surface area contributed by atoms with Crippen LogP contribution in [0.5, 0.6) is 0 Å². The second-order valence-electron chi connectivity index (χ2n) is 8.02. The molecule has 0 aliphatic rings. The number of carboxylic acid groups (broad SMARTS) is 1. The van der Waals surface area contributed by atoms with Gasteiger partial charge in [0.1, 0.15) is 10.5 Å². The van der Waals surface area contributed by atoms with Crippen molar-refractivity contribution in [1.29, 1.82) is 0 Å². The predicted octanol–water partition coefficient (Wildman–Crippen LogP) is 5.40. The lowest BCUT2D eigenvalue weighted by molar-refractivity contribution is -0.137. The van der Waals surface area contributed by atoms with E-state index >= 15 is 0 Å². The van der Waals surface area contributed by atoms with Gasteiger partial charge in [0.15, 0.2) is 0 Å². The number of hydrogen-bond donors (Lipinski definition) is 1. The third-order valence-corrected chi connectivity index (χ3v) is 7.18. The third-order valence-electron chi connectivity index (χ3n) is 5.39. The van der Waals surface area contributed by atoms with E-state index in [1.165, 1.54) is 4.57 Å². The van der Waals surface area contributed by atoms with E-state index in [1.54, 1.807) is 30.4 Å². The molecule has 182 valence electrons. The van der Waals surface area contributed by atoms with E-state index in [4.69, 9.17) is 27.1 Å². The summed E-state index contributed by atoms with van der Waals surface area (Å²) < 4.78 is 9.03. The number of aliphatic carboxylic acids is 1. The first-order valence-electron chi connectivity index (χ1n) is 11.5. The summed E-state index contributed by atoms with van der Waals surface area (Å²) in [5.41, 5.74) is 0.603. The summed E-state index contributed by atoms with van der Waals surface area (Å²) in [6.07, 6.45) is 6.62. The van der Waals surface area contributed by atoms with Crippen molar-refractivity contribution < 1.29 is 14.6 Å². The third kappa shape index (κ3) is 9.19.